The van der Waals surface area contributed by atoms with Gasteiger partial charge < -0.3 is 14.6 Å². The number of hydrogen-bond donors (Lipinski definition) is 1. The molecule has 164 valence electrons. The van der Waals surface area contributed by atoms with Crippen LogP contribution in [0.15, 0.2) is 28.8 Å². The van der Waals surface area contributed by atoms with Gasteiger partial charge >= 0.3 is 6.03 Å². The summed E-state index contributed by atoms with van der Waals surface area (Å²) in [5.41, 5.74) is 5.33. The molecule has 1 aliphatic rings. The Labute approximate surface area is 185 Å². The molecule has 0 saturated heterocycles. The van der Waals surface area contributed by atoms with E-state index < -0.39 is 0 Å². The number of aromatic nitrogens is 2. The minimum absolute atomic E-state index is 0. The van der Waals surface area contributed by atoms with Crippen molar-refractivity contribution < 1.29 is 12.1 Å². The third kappa shape index (κ3) is 4.06. The summed E-state index contributed by atoms with van der Waals surface area (Å²) in [6, 6.07) is 5.54. The Hall–Kier alpha value is -3.53. The van der Waals surface area contributed by atoms with Gasteiger partial charge in [-0.3, -0.25) is 4.90 Å². The molecule has 2 amide bonds. The number of amides is 2. The van der Waals surface area contributed by atoms with Crippen molar-refractivity contribution in [3.05, 3.63) is 41.4 Å². The van der Waals surface area contributed by atoms with Crippen molar-refractivity contribution in [2.45, 2.75) is 40.0 Å². The maximum Gasteiger partial charge on any atom is 0.327 e. The van der Waals surface area contributed by atoms with Crippen molar-refractivity contribution in [2.24, 2.45) is 0 Å². The van der Waals surface area contributed by atoms with E-state index in [-0.39, 0.29) is 8.88 Å². The van der Waals surface area contributed by atoms with Crippen LogP contribution in [0.5, 0.6) is 0 Å². The van der Waals surface area contributed by atoms with E-state index in [1.54, 1.807) is 11.1 Å². The van der Waals surface area contributed by atoms with Gasteiger partial charge in [-0.2, -0.15) is 0 Å². The largest absolute Gasteiger partial charge is 0.441 e. The Morgan fingerprint density at radius 1 is 1.39 bits per heavy atom. The highest BCUT2D eigenvalue weighted by molar-refractivity contribution is 6.03. The van der Waals surface area contributed by atoms with Gasteiger partial charge in [-0.05, 0) is 37.5 Å². The number of nitrogens with zero attached hydrogens (tertiary/aromatic N) is 4. The maximum absolute atomic E-state index is 13.1. The second-order valence-electron chi connectivity index (χ2n) is 7.78. The molecule has 1 N–H and O–H groups in total. The van der Waals surface area contributed by atoms with Gasteiger partial charge in [0.15, 0.2) is 11.5 Å². The Kier molecular flexibility index (Phi) is 5.81. The molecule has 4 rings (SSSR count). The van der Waals surface area contributed by atoms with Gasteiger partial charge in [-0.1, -0.05) is 6.92 Å². The van der Waals surface area contributed by atoms with E-state index in [0.29, 0.717) is 35.9 Å². The molecule has 2 aromatic heterocycles. The Morgan fingerprint density at radius 2 is 2.23 bits per heavy atom. The summed E-state index contributed by atoms with van der Waals surface area (Å²) in [6.45, 7) is 8.22. The third-order valence-corrected chi connectivity index (χ3v) is 5.50. The lowest BCUT2D eigenvalue weighted by Crippen LogP contribution is -2.34. The predicted molar refractivity (Wildman–Crippen MR) is 128 cm³/mol. The molecular weight excluding hydrogens is 390 g/mol. The summed E-state index contributed by atoms with van der Waals surface area (Å²) in [4.78, 5) is 26.0. The SMILES string of the molecule is C#CCCN(CCC)c1ccnc2c1CCN2C(=O)Nc1cc(C)c2nc(C)oc2c1.[HH].[HH]. The van der Waals surface area contributed by atoms with Crippen molar-refractivity contribution in [2.75, 3.05) is 34.8 Å². The number of aryl methyl sites for hydroxylation is 2. The first-order valence-electron chi connectivity index (χ1n) is 10.6. The highest BCUT2D eigenvalue weighted by Gasteiger charge is 2.29. The lowest BCUT2D eigenvalue weighted by Gasteiger charge is -2.26. The Morgan fingerprint density at radius 3 is 3.00 bits per heavy atom. The molecular formula is C24H31N5O2. The first kappa shape index (κ1) is 20.7. The summed E-state index contributed by atoms with van der Waals surface area (Å²) in [6.07, 6.45) is 9.73. The van der Waals surface area contributed by atoms with Crippen molar-refractivity contribution in [3.8, 4) is 12.3 Å². The molecule has 3 aromatic rings. The van der Waals surface area contributed by atoms with Crippen LogP contribution in [-0.2, 0) is 6.42 Å². The van der Waals surface area contributed by atoms with Gasteiger partial charge in [-0.25, -0.2) is 14.8 Å². The zero-order valence-electron chi connectivity index (χ0n) is 18.2. The summed E-state index contributed by atoms with van der Waals surface area (Å²) < 4.78 is 5.64. The van der Waals surface area contributed by atoms with Crippen LogP contribution in [0.2, 0.25) is 0 Å². The zero-order valence-corrected chi connectivity index (χ0v) is 18.2. The van der Waals surface area contributed by atoms with E-state index in [4.69, 9.17) is 10.8 Å². The van der Waals surface area contributed by atoms with Gasteiger partial charge in [0.25, 0.3) is 0 Å². The minimum Gasteiger partial charge on any atom is -0.441 e. The van der Waals surface area contributed by atoms with Gasteiger partial charge in [0.1, 0.15) is 11.3 Å². The van der Waals surface area contributed by atoms with Crippen LogP contribution in [0.1, 0.15) is 39.6 Å². The van der Waals surface area contributed by atoms with Crippen LogP contribution in [-0.4, -0.2) is 35.6 Å². The second kappa shape index (κ2) is 8.68. The molecule has 0 bridgehead atoms. The van der Waals surface area contributed by atoms with E-state index in [1.807, 2.05) is 32.0 Å². The predicted octanol–water partition coefficient (Wildman–Crippen LogP) is 5.17. The standard InChI is InChI=1S/C24H27N5O2.2H2/c1-5-7-12-28(11-6-2)20-8-10-25-23-19(20)9-13-29(23)24(30)27-18-14-16(3)22-21(15-18)31-17(4)26-22;;/h1,8,10,14-15H,6-7,9,11-13H2,2-4H3,(H,27,30);2*1H. The Bertz CT molecular complexity index is 1170. The van der Waals surface area contributed by atoms with E-state index in [0.717, 1.165) is 48.3 Å². The molecule has 1 aliphatic heterocycles. The van der Waals surface area contributed by atoms with Crippen LogP contribution in [0, 0.1) is 26.2 Å². The van der Waals surface area contributed by atoms with E-state index in [9.17, 15) is 4.79 Å². The van der Waals surface area contributed by atoms with Gasteiger partial charge in [0.05, 0.1) is 0 Å². The number of terminal acetylenes is 1. The molecule has 0 aliphatic carbocycles. The maximum atomic E-state index is 13.1. The molecule has 0 fully saturated rings. The van der Waals surface area contributed by atoms with Crippen LogP contribution in [0.25, 0.3) is 11.1 Å². The number of anilines is 3. The number of carbonyl (C=O) groups excluding carboxylic acids is 1. The lowest BCUT2D eigenvalue weighted by atomic mass is 10.1. The number of hydrogen-bond acceptors (Lipinski definition) is 5. The molecule has 31 heavy (non-hydrogen) atoms. The fourth-order valence-electron chi connectivity index (χ4n) is 4.16. The molecule has 0 saturated carbocycles. The van der Waals surface area contributed by atoms with Crippen LogP contribution in [0.3, 0.4) is 0 Å². The zero-order chi connectivity index (χ0) is 22.0. The smallest absolute Gasteiger partial charge is 0.327 e. The second-order valence-corrected chi connectivity index (χ2v) is 7.78. The monoisotopic (exact) mass is 421 g/mol. The van der Waals surface area contributed by atoms with Crippen LogP contribution >= 0.6 is 0 Å². The lowest BCUT2D eigenvalue weighted by molar-refractivity contribution is 0.257. The molecule has 3 heterocycles. The third-order valence-electron chi connectivity index (χ3n) is 5.50. The average Bonchev–Trinajstić information content (AvgIpc) is 3.34. The number of benzene rings is 1. The van der Waals surface area contributed by atoms with Crippen molar-refractivity contribution in [1.82, 2.24) is 9.97 Å². The topological polar surface area (TPSA) is 74.5 Å². The molecule has 0 spiro atoms. The van der Waals surface area contributed by atoms with Crippen molar-refractivity contribution in [3.63, 3.8) is 0 Å². The summed E-state index contributed by atoms with van der Waals surface area (Å²) in [5, 5.41) is 2.99. The molecule has 0 unspecified atom stereocenters. The number of pyridine rings is 1. The van der Waals surface area contributed by atoms with E-state index in [2.05, 4.69) is 33.0 Å². The minimum atomic E-state index is -0.205. The van der Waals surface area contributed by atoms with Gasteiger partial charge in [0.2, 0.25) is 0 Å². The molecule has 7 heteroatoms. The summed E-state index contributed by atoms with van der Waals surface area (Å²) in [7, 11) is 0. The first-order chi connectivity index (χ1) is 15.0. The van der Waals surface area contributed by atoms with Gasteiger partial charge in [-0.15, -0.1) is 12.3 Å². The van der Waals surface area contributed by atoms with Crippen molar-refractivity contribution in [1.29, 1.82) is 0 Å². The normalized spacial score (nSPS) is 12.6. The van der Waals surface area contributed by atoms with Gasteiger partial charge in [0, 0.05) is 65.0 Å². The number of rotatable bonds is 6. The summed E-state index contributed by atoms with van der Waals surface area (Å²) in [5.74, 6) is 4.04. The number of urea groups is 1. The van der Waals surface area contributed by atoms with E-state index >= 15 is 0 Å². The highest BCUT2D eigenvalue weighted by atomic mass is 16.3. The number of oxazole rings is 1. The average molecular weight is 422 g/mol. The van der Waals surface area contributed by atoms with Crippen molar-refractivity contribution >= 4 is 34.3 Å². The molecule has 7 nitrogen and oxygen atoms in total. The number of fused-ring (bicyclic) bond motifs is 2. The van der Waals surface area contributed by atoms with E-state index in [1.165, 1.54) is 0 Å². The fraction of sp³-hybridized carbons (Fsp3) is 0.375. The highest BCUT2D eigenvalue weighted by Crippen LogP contribution is 2.34. The Balaban J connectivity index is 0.00000193. The summed E-state index contributed by atoms with van der Waals surface area (Å²) >= 11 is 0. The first-order valence-corrected chi connectivity index (χ1v) is 10.6. The number of carbonyl (C=O) groups is 1. The van der Waals surface area contributed by atoms with Crippen LogP contribution in [0.4, 0.5) is 22.0 Å². The van der Waals surface area contributed by atoms with Crippen LogP contribution < -0.4 is 15.1 Å². The fourth-order valence-corrected chi connectivity index (χ4v) is 4.16. The number of nitrogens with one attached hydrogen (secondary N) is 1. The molecule has 1 aromatic carbocycles. The molecule has 0 radical (unpaired) electrons. The molecule has 0 atom stereocenters. The quantitative estimate of drug-likeness (QED) is 0.556.